The van der Waals surface area contributed by atoms with Crippen LogP contribution in [-0.4, -0.2) is 36.0 Å². The highest BCUT2D eigenvalue weighted by Gasteiger charge is 2.24. The smallest absolute Gasteiger partial charge is 0.412 e. The van der Waals surface area contributed by atoms with Crippen LogP contribution in [0.25, 0.3) is 21.9 Å². The number of carboxylic acid groups (broad SMARTS) is 1. The topological polar surface area (TPSA) is 113 Å². The Kier molecular flexibility index (Phi) is 6.79. The van der Waals surface area contributed by atoms with Crippen LogP contribution >= 0.6 is 0 Å². The second-order valence-corrected chi connectivity index (χ2v) is 7.74. The summed E-state index contributed by atoms with van der Waals surface area (Å²) in [6.07, 6.45) is -1.19. The number of nitrogens with one attached hydrogen (secondary N) is 2. The van der Waals surface area contributed by atoms with Gasteiger partial charge in [0.1, 0.15) is 5.82 Å². The minimum atomic E-state index is -1.19. The molecule has 2 aromatic carbocycles. The number of pyridine rings is 1. The Bertz CT molecular complexity index is 1200. The van der Waals surface area contributed by atoms with Crippen molar-refractivity contribution in [1.29, 1.82) is 0 Å². The van der Waals surface area contributed by atoms with E-state index in [1.54, 1.807) is 18.2 Å². The Labute approximate surface area is 185 Å². The van der Waals surface area contributed by atoms with Gasteiger partial charge < -0.3 is 10.4 Å². The lowest BCUT2D eigenvalue weighted by molar-refractivity contribution is 0.114. The van der Waals surface area contributed by atoms with E-state index in [0.29, 0.717) is 28.6 Å². The van der Waals surface area contributed by atoms with Crippen molar-refractivity contribution in [2.45, 2.75) is 20.4 Å². The molecule has 0 aliphatic rings. The van der Waals surface area contributed by atoms with Gasteiger partial charge in [-0.3, -0.25) is 19.1 Å². The van der Waals surface area contributed by atoms with Crippen LogP contribution < -0.4 is 21.3 Å². The SMILES string of the molecule is CONC(=O)Nc1ccc2c(=O)n(CC(C)C)c(N(C)C(=O)O)c(-c3ccccc3)c2c1. The van der Waals surface area contributed by atoms with E-state index in [-0.39, 0.29) is 17.3 Å². The van der Waals surface area contributed by atoms with Gasteiger partial charge in [-0.15, -0.1) is 0 Å². The van der Waals surface area contributed by atoms with Crippen molar-refractivity contribution in [1.82, 2.24) is 10.0 Å². The highest BCUT2D eigenvalue weighted by Crippen LogP contribution is 2.37. The normalized spacial score (nSPS) is 10.9. The summed E-state index contributed by atoms with van der Waals surface area (Å²) in [4.78, 5) is 43.0. The molecule has 0 saturated heterocycles. The number of nitrogens with zero attached hydrogens (tertiary/aromatic N) is 2. The van der Waals surface area contributed by atoms with Gasteiger partial charge in [0, 0.05) is 35.6 Å². The zero-order valence-corrected chi connectivity index (χ0v) is 18.4. The van der Waals surface area contributed by atoms with E-state index < -0.39 is 12.1 Å². The molecule has 32 heavy (non-hydrogen) atoms. The number of amides is 3. The Morgan fingerprint density at radius 2 is 1.81 bits per heavy atom. The van der Waals surface area contributed by atoms with Crippen molar-refractivity contribution >= 4 is 34.4 Å². The number of aromatic nitrogens is 1. The molecule has 0 saturated carbocycles. The first-order valence-electron chi connectivity index (χ1n) is 10.1. The van der Waals surface area contributed by atoms with Gasteiger partial charge in [0.2, 0.25) is 0 Å². The van der Waals surface area contributed by atoms with Crippen molar-refractivity contribution < 1.29 is 19.5 Å². The number of hydroxylamine groups is 1. The molecule has 1 heterocycles. The van der Waals surface area contributed by atoms with Gasteiger partial charge in [-0.05, 0) is 29.7 Å². The number of hydrogen-bond acceptors (Lipinski definition) is 4. The molecule has 0 spiro atoms. The molecule has 168 valence electrons. The number of fused-ring (bicyclic) bond motifs is 1. The summed E-state index contributed by atoms with van der Waals surface area (Å²) in [5.74, 6) is 0.377. The van der Waals surface area contributed by atoms with Crippen molar-refractivity contribution in [3.63, 3.8) is 0 Å². The van der Waals surface area contributed by atoms with Crippen LogP contribution in [0.2, 0.25) is 0 Å². The van der Waals surface area contributed by atoms with Crippen LogP contribution in [0.3, 0.4) is 0 Å². The molecule has 1 aromatic heterocycles. The van der Waals surface area contributed by atoms with Gasteiger partial charge in [-0.2, -0.15) is 0 Å². The van der Waals surface area contributed by atoms with E-state index in [2.05, 4.69) is 15.6 Å². The predicted molar refractivity (Wildman–Crippen MR) is 124 cm³/mol. The molecule has 9 nitrogen and oxygen atoms in total. The molecule has 0 unspecified atom stereocenters. The molecule has 0 bridgehead atoms. The number of rotatable bonds is 6. The molecule has 9 heteroatoms. The second kappa shape index (κ2) is 9.52. The van der Waals surface area contributed by atoms with Gasteiger partial charge >= 0.3 is 12.1 Å². The van der Waals surface area contributed by atoms with Crippen molar-refractivity contribution in [3.05, 3.63) is 58.9 Å². The molecule has 0 fully saturated rings. The molecule has 0 radical (unpaired) electrons. The summed E-state index contributed by atoms with van der Waals surface area (Å²) in [5.41, 5.74) is 3.63. The number of carbonyl (C=O) groups is 2. The van der Waals surface area contributed by atoms with Crippen LogP contribution in [0.1, 0.15) is 13.8 Å². The Hall–Kier alpha value is -3.85. The zero-order chi connectivity index (χ0) is 23.4. The summed E-state index contributed by atoms with van der Waals surface area (Å²) < 4.78 is 1.51. The number of urea groups is 1. The summed E-state index contributed by atoms with van der Waals surface area (Å²) >= 11 is 0. The molecule has 3 N–H and O–H groups in total. The van der Waals surface area contributed by atoms with Crippen LogP contribution in [0, 0.1) is 5.92 Å². The minimum Gasteiger partial charge on any atom is -0.465 e. The third kappa shape index (κ3) is 4.57. The first-order valence-corrected chi connectivity index (χ1v) is 10.1. The summed E-state index contributed by atoms with van der Waals surface area (Å²) in [5, 5.41) is 13.4. The first kappa shape index (κ1) is 22.8. The number of anilines is 2. The molecule has 0 aliphatic carbocycles. The van der Waals surface area contributed by atoms with Crippen LogP contribution in [0.15, 0.2) is 53.3 Å². The third-order valence-corrected chi connectivity index (χ3v) is 4.91. The lowest BCUT2D eigenvalue weighted by Gasteiger charge is -2.26. The maximum atomic E-state index is 13.5. The second-order valence-electron chi connectivity index (χ2n) is 7.74. The molecular formula is C23H26N4O5. The Morgan fingerprint density at radius 3 is 2.41 bits per heavy atom. The van der Waals surface area contributed by atoms with Gasteiger partial charge in [0.25, 0.3) is 5.56 Å². The molecule has 0 aliphatic heterocycles. The lowest BCUT2D eigenvalue weighted by atomic mass is 9.97. The summed E-state index contributed by atoms with van der Waals surface area (Å²) in [6.45, 7) is 4.27. The number of carbonyl (C=O) groups excluding carboxylic acids is 1. The quantitative estimate of drug-likeness (QED) is 0.501. The average molecular weight is 438 g/mol. The molecular weight excluding hydrogens is 412 g/mol. The maximum Gasteiger partial charge on any atom is 0.412 e. The molecule has 3 aromatic rings. The largest absolute Gasteiger partial charge is 0.465 e. The summed E-state index contributed by atoms with van der Waals surface area (Å²) in [7, 11) is 2.74. The minimum absolute atomic E-state index is 0.105. The standard InChI is InChI=1S/C23H26N4O5/c1-14(2)13-27-20(26(3)23(30)31)19(15-8-6-5-7-9-15)18-12-16(24-22(29)25-32-4)10-11-17(18)21(27)28/h5-12,14H,13H2,1-4H3,(H,30,31)(H2,24,25,29). The van der Waals surface area contributed by atoms with E-state index in [4.69, 9.17) is 0 Å². The van der Waals surface area contributed by atoms with E-state index in [1.165, 1.54) is 18.7 Å². The van der Waals surface area contributed by atoms with Gasteiger partial charge in [0.05, 0.1) is 7.11 Å². The predicted octanol–water partition coefficient (Wildman–Crippen LogP) is 4.12. The number of hydrogen-bond donors (Lipinski definition) is 3. The van der Waals surface area contributed by atoms with Gasteiger partial charge in [-0.1, -0.05) is 44.2 Å². The van der Waals surface area contributed by atoms with Crippen molar-refractivity contribution in [2.75, 3.05) is 24.4 Å². The molecule has 0 atom stereocenters. The fraction of sp³-hybridized carbons (Fsp3) is 0.261. The summed E-state index contributed by atoms with van der Waals surface area (Å²) in [6, 6.07) is 13.6. The van der Waals surface area contributed by atoms with Crippen LogP contribution in [0.4, 0.5) is 21.1 Å². The Morgan fingerprint density at radius 1 is 1.12 bits per heavy atom. The number of benzene rings is 2. The zero-order valence-electron chi connectivity index (χ0n) is 18.4. The lowest BCUT2D eigenvalue weighted by Crippen LogP contribution is -2.34. The van der Waals surface area contributed by atoms with Crippen LogP contribution in [0.5, 0.6) is 0 Å². The first-order chi connectivity index (χ1) is 15.2. The third-order valence-electron chi connectivity index (χ3n) is 4.91. The van der Waals surface area contributed by atoms with Crippen LogP contribution in [-0.2, 0) is 11.4 Å². The van der Waals surface area contributed by atoms with Gasteiger partial charge in [-0.25, -0.2) is 15.1 Å². The average Bonchev–Trinajstić information content (AvgIpc) is 2.75. The molecule has 3 rings (SSSR count). The van der Waals surface area contributed by atoms with E-state index in [9.17, 15) is 19.5 Å². The molecule has 3 amide bonds. The van der Waals surface area contributed by atoms with Gasteiger partial charge in [0.15, 0.2) is 0 Å². The van der Waals surface area contributed by atoms with E-state index >= 15 is 0 Å². The maximum absolute atomic E-state index is 13.5. The van der Waals surface area contributed by atoms with E-state index in [0.717, 1.165) is 10.5 Å². The highest BCUT2D eigenvalue weighted by molar-refractivity contribution is 6.06. The van der Waals surface area contributed by atoms with Crippen molar-refractivity contribution in [2.24, 2.45) is 5.92 Å². The van der Waals surface area contributed by atoms with E-state index in [1.807, 2.05) is 44.2 Å². The fourth-order valence-electron chi connectivity index (χ4n) is 3.62. The van der Waals surface area contributed by atoms with Crippen molar-refractivity contribution in [3.8, 4) is 11.1 Å². The Balaban J connectivity index is 2.42. The monoisotopic (exact) mass is 438 g/mol. The highest BCUT2D eigenvalue weighted by atomic mass is 16.6. The fourth-order valence-corrected chi connectivity index (χ4v) is 3.62.